The summed E-state index contributed by atoms with van der Waals surface area (Å²) in [6.45, 7) is 2.42. The number of hydrogen-bond donors (Lipinski definition) is 4. The van der Waals surface area contributed by atoms with Gasteiger partial charge in [0, 0.05) is 0 Å². The van der Waals surface area contributed by atoms with Gasteiger partial charge in [0.15, 0.2) is 0 Å². The van der Waals surface area contributed by atoms with E-state index in [9.17, 15) is 29.4 Å². The van der Waals surface area contributed by atoms with Gasteiger partial charge in [-0.2, -0.15) is 0 Å². The second-order valence-corrected chi connectivity index (χ2v) is 6.25. The van der Waals surface area contributed by atoms with Gasteiger partial charge in [-0.05, 0) is 18.4 Å². The molecule has 4 N–H and O–H groups in total. The number of rotatable bonds is 11. The summed E-state index contributed by atoms with van der Waals surface area (Å²) in [5.41, 5.74) is 0.728. The number of carboxylic acids is 1. The molecule has 0 aliphatic rings. The summed E-state index contributed by atoms with van der Waals surface area (Å²) in [5.74, 6) is -3.66. The largest absolute Gasteiger partial charge is 0.480 e. The zero-order valence-electron chi connectivity index (χ0n) is 16.3. The van der Waals surface area contributed by atoms with E-state index in [1.807, 2.05) is 0 Å². The fraction of sp³-hybridized carbons (Fsp3) is 0.474. The summed E-state index contributed by atoms with van der Waals surface area (Å²) in [6, 6.07) is 5.99. The minimum Gasteiger partial charge on any atom is -0.480 e. The molecule has 2 amide bonds. The predicted molar refractivity (Wildman–Crippen MR) is 101 cm³/mol. The van der Waals surface area contributed by atoms with E-state index in [1.54, 1.807) is 37.3 Å². The van der Waals surface area contributed by atoms with Crippen LogP contribution in [0.3, 0.4) is 0 Å². The third-order valence-electron chi connectivity index (χ3n) is 3.93. The lowest BCUT2D eigenvalue weighted by Crippen LogP contribution is -2.55. The Labute approximate surface area is 168 Å². The van der Waals surface area contributed by atoms with Crippen molar-refractivity contribution < 1.29 is 38.9 Å². The van der Waals surface area contributed by atoms with Crippen LogP contribution in [0.2, 0.25) is 0 Å². The number of ether oxygens (including phenoxy) is 2. The van der Waals surface area contributed by atoms with Gasteiger partial charge in [0.2, 0.25) is 5.91 Å². The summed E-state index contributed by atoms with van der Waals surface area (Å²) in [4.78, 5) is 47.2. The first kappa shape index (κ1) is 23.9. The lowest BCUT2D eigenvalue weighted by atomic mass is 9.98. The summed E-state index contributed by atoms with van der Waals surface area (Å²) >= 11 is 0. The van der Waals surface area contributed by atoms with Gasteiger partial charge >= 0.3 is 18.0 Å². The first-order valence-electron chi connectivity index (χ1n) is 9.05. The van der Waals surface area contributed by atoms with Crippen molar-refractivity contribution in [2.75, 3.05) is 13.2 Å². The van der Waals surface area contributed by atoms with E-state index < -0.39 is 48.5 Å². The van der Waals surface area contributed by atoms with Crippen LogP contribution in [0.15, 0.2) is 30.3 Å². The number of carbonyl (C=O) groups excluding carboxylic acids is 3. The Balaban J connectivity index is 2.62. The molecule has 0 aromatic heterocycles. The number of esters is 1. The van der Waals surface area contributed by atoms with Crippen molar-refractivity contribution in [1.82, 2.24) is 10.6 Å². The predicted octanol–water partition coefficient (Wildman–Crippen LogP) is 0.432. The van der Waals surface area contributed by atoms with Gasteiger partial charge in [-0.15, -0.1) is 0 Å². The average Bonchev–Trinajstić information content (AvgIpc) is 2.69. The highest BCUT2D eigenvalue weighted by Gasteiger charge is 2.31. The molecule has 10 nitrogen and oxygen atoms in total. The maximum atomic E-state index is 12.3. The van der Waals surface area contributed by atoms with Crippen molar-refractivity contribution in [3.8, 4) is 0 Å². The van der Waals surface area contributed by atoms with Crippen LogP contribution in [0.1, 0.15) is 25.8 Å². The zero-order chi connectivity index (χ0) is 21.8. The van der Waals surface area contributed by atoms with Crippen LogP contribution < -0.4 is 10.6 Å². The highest BCUT2D eigenvalue weighted by Crippen LogP contribution is 2.10. The number of aliphatic hydroxyl groups excluding tert-OH is 1. The molecule has 0 spiro atoms. The molecule has 0 aliphatic carbocycles. The Morgan fingerprint density at radius 3 is 2.28 bits per heavy atom. The number of alkyl carbamates (subject to hydrolysis) is 1. The Kier molecular flexibility index (Phi) is 10.2. The number of aliphatic hydroxyl groups is 1. The van der Waals surface area contributed by atoms with Crippen LogP contribution in [0.25, 0.3) is 0 Å². The molecule has 1 rings (SSSR count). The lowest BCUT2D eigenvalue weighted by molar-refractivity contribution is -0.147. The smallest absolute Gasteiger partial charge is 0.408 e. The molecule has 0 heterocycles. The molecular formula is C19H26N2O8. The van der Waals surface area contributed by atoms with E-state index in [0.29, 0.717) is 0 Å². The molecule has 0 aliphatic heterocycles. The number of hydrogen-bond acceptors (Lipinski definition) is 7. The third-order valence-corrected chi connectivity index (χ3v) is 3.93. The van der Waals surface area contributed by atoms with Gasteiger partial charge in [-0.3, -0.25) is 9.59 Å². The molecule has 0 fully saturated rings. The Bertz CT molecular complexity index is 695. The van der Waals surface area contributed by atoms with Crippen molar-refractivity contribution in [2.24, 2.45) is 5.92 Å². The van der Waals surface area contributed by atoms with E-state index in [4.69, 9.17) is 9.47 Å². The number of amides is 2. The highest BCUT2D eigenvalue weighted by atomic mass is 16.5. The number of aliphatic carboxylic acids is 1. The molecule has 0 radical (unpaired) electrons. The molecule has 3 atom stereocenters. The molecule has 0 saturated carbocycles. The number of nitrogens with one attached hydrogen (secondary N) is 2. The second-order valence-electron chi connectivity index (χ2n) is 6.25. The monoisotopic (exact) mass is 410 g/mol. The van der Waals surface area contributed by atoms with Crippen molar-refractivity contribution in [3.05, 3.63) is 35.9 Å². The molecule has 160 valence electrons. The number of carbonyl (C=O) groups is 4. The van der Waals surface area contributed by atoms with Gasteiger partial charge in [-0.1, -0.05) is 37.3 Å². The summed E-state index contributed by atoms with van der Waals surface area (Å²) < 4.78 is 9.75. The van der Waals surface area contributed by atoms with Crippen LogP contribution >= 0.6 is 0 Å². The van der Waals surface area contributed by atoms with Gasteiger partial charge in [0.05, 0.1) is 19.6 Å². The Morgan fingerprint density at radius 2 is 1.72 bits per heavy atom. The fourth-order valence-electron chi connectivity index (χ4n) is 2.40. The summed E-state index contributed by atoms with van der Waals surface area (Å²) in [7, 11) is 0. The van der Waals surface area contributed by atoms with E-state index in [0.717, 1.165) is 5.56 Å². The van der Waals surface area contributed by atoms with Crippen LogP contribution in [0.4, 0.5) is 4.79 Å². The van der Waals surface area contributed by atoms with E-state index in [2.05, 4.69) is 10.6 Å². The number of benzene rings is 1. The molecule has 0 unspecified atom stereocenters. The topological polar surface area (TPSA) is 151 Å². The lowest BCUT2D eigenvalue weighted by Gasteiger charge is -2.23. The molecular weight excluding hydrogens is 384 g/mol. The van der Waals surface area contributed by atoms with Gasteiger partial charge in [-0.25, -0.2) is 9.59 Å². The number of carboxylic acid groups (broad SMARTS) is 1. The van der Waals surface area contributed by atoms with Gasteiger partial charge in [0.1, 0.15) is 18.7 Å². The normalized spacial score (nSPS) is 13.5. The maximum absolute atomic E-state index is 12.3. The Hall–Kier alpha value is -3.14. The standard InChI is InChI=1S/C19H26N2O8/c1-3-28-15(23)9-12(2)16(18(25)26)21-17(24)14(10-22)20-19(27)29-11-13-7-5-4-6-8-13/h4-8,12,14,16,22H,3,9-11H2,1-2H3,(H,20,27)(H,21,24)(H,25,26)/t12-,14-,16-/m0/s1. The van der Waals surface area contributed by atoms with Crippen LogP contribution in [-0.2, 0) is 30.5 Å². The second kappa shape index (κ2) is 12.3. The van der Waals surface area contributed by atoms with Gasteiger partial charge in [0.25, 0.3) is 0 Å². The third kappa shape index (κ3) is 8.60. The molecule has 0 saturated heterocycles. The minimum atomic E-state index is -1.42. The highest BCUT2D eigenvalue weighted by molar-refractivity contribution is 5.89. The quantitative estimate of drug-likeness (QED) is 0.384. The molecule has 1 aromatic rings. The molecule has 0 bridgehead atoms. The van der Waals surface area contributed by atoms with Crippen molar-refractivity contribution in [2.45, 2.75) is 39.0 Å². The Morgan fingerprint density at radius 1 is 1.07 bits per heavy atom. The van der Waals surface area contributed by atoms with Crippen LogP contribution in [0.5, 0.6) is 0 Å². The van der Waals surface area contributed by atoms with Crippen LogP contribution in [-0.4, -0.2) is 59.4 Å². The van der Waals surface area contributed by atoms with Crippen LogP contribution in [0, 0.1) is 5.92 Å². The molecule has 10 heteroatoms. The first-order valence-corrected chi connectivity index (χ1v) is 9.05. The van der Waals surface area contributed by atoms with E-state index in [1.165, 1.54) is 6.92 Å². The average molecular weight is 410 g/mol. The molecule has 1 aromatic carbocycles. The fourth-order valence-corrected chi connectivity index (χ4v) is 2.40. The van der Waals surface area contributed by atoms with Crippen molar-refractivity contribution in [3.63, 3.8) is 0 Å². The molecule has 29 heavy (non-hydrogen) atoms. The minimum absolute atomic E-state index is 0.0409. The maximum Gasteiger partial charge on any atom is 0.408 e. The van der Waals surface area contributed by atoms with E-state index >= 15 is 0 Å². The SMILES string of the molecule is CCOC(=O)C[C@H](C)[C@H](NC(=O)[C@H](CO)NC(=O)OCc1ccccc1)C(=O)O. The summed E-state index contributed by atoms with van der Waals surface area (Å²) in [6.07, 6.45) is -1.17. The zero-order valence-corrected chi connectivity index (χ0v) is 16.3. The van der Waals surface area contributed by atoms with Crippen molar-refractivity contribution >= 4 is 23.9 Å². The first-order chi connectivity index (χ1) is 13.8. The van der Waals surface area contributed by atoms with Crippen molar-refractivity contribution in [1.29, 1.82) is 0 Å². The summed E-state index contributed by atoms with van der Waals surface area (Å²) in [5, 5.41) is 23.1. The van der Waals surface area contributed by atoms with E-state index in [-0.39, 0.29) is 19.6 Å². The van der Waals surface area contributed by atoms with Gasteiger partial charge < -0.3 is 30.3 Å².